The van der Waals surface area contributed by atoms with Crippen molar-refractivity contribution in [2.24, 2.45) is 0 Å². The molecule has 0 bridgehead atoms. The quantitative estimate of drug-likeness (QED) is 0.0349. The number of methoxy groups -OCH3 is 4. The van der Waals surface area contributed by atoms with Gasteiger partial charge in [-0.25, -0.2) is 29.7 Å². The minimum absolute atomic E-state index is 0.0263. The van der Waals surface area contributed by atoms with Crippen LogP contribution in [0, 0.1) is 6.92 Å². The van der Waals surface area contributed by atoms with E-state index in [1.807, 2.05) is 138 Å². The molecule has 140 heavy (non-hydrogen) atoms. The lowest BCUT2D eigenvalue weighted by Gasteiger charge is -2.23. The summed E-state index contributed by atoms with van der Waals surface area (Å²) in [5, 5.41) is 16.6. The van der Waals surface area contributed by atoms with Gasteiger partial charge in [-0.15, -0.1) is 34.0 Å². The number of hydrogen-bond donors (Lipinski definition) is 1. The monoisotopic (exact) mass is 1970 g/mol. The summed E-state index contributed by atoms with van der Waals surface area (Å²) in [4.78, 5) is 89.2. The van der Waals surface area contributed by atoms with E-state index in [1.54, 1.807) is 64.1 Å². The maximum Gasteiger partial charge on any atom is 0.416 e. The number of halogens is 3. The number of aromatic carboxylic acids is 1. The van der Waals surface area contributed by atoms with Crippen molar-refractivity contribution in [2.45, 2.75) is 139 Å². The van der Waals surface area contributed by atoms with E-state index in [0.717, 1.165) is 126 Å². The van der Waals surface area contributed by atoms with Crippen LogP contribution in [0.1, 0.15) is 174 Å². The number of carbonyl (C=O) groups is 5. The third-order valence-corrected chi connectivity index (χ3v) is 24.3. The molecule has 3 aliphatic heterocycles. The van der Waals surface area contributed by atoms with Crippen LogP contribution in [0.3, 0.4) is 0 Å². The Kier molecular flexibility index (Phi) is 35.6. The number of carboxylic acids is 1. The number of rotatable bonds is 40. The molecule has 8 aromatic heterocycles. The summed E-state index contributed by atoms with van der Waals surface area (Å²) in [6.45, 7) is 17.1. The average Bonchev–Trinajstić information content (AvgIpc) is 1.58. The predicted molar refractivity (Wildman–Crippen MR) is 511 cm³/mol. The molecule has 0 saturated heterocycles. The van der Waals surface area contributed by atoms with E-state index >= 15 is 0 Å². The van der Waals surface area contributed by atoms with Gasteiger partial charge in [0.25, 0.3) is 0 Å². The molecule has 0 radical (unpaired) electrons. The van der Waals surface area contributed by atoms with Crippen LogP contribution >= 0.6 is 34.0 Å². The molecule has 1 N–H and O–H groups in total. The van der Waals surface area contributed by atoms with Crippen LogP contribution in [-0.4, -0.2) is 139 Å². The largest absolute Gasteiger partial charge is 0.497 e. The Hall–Kier alpha value is -14.6. The number of benzene rings is 7. The molecule has 0 spiro atoms. The molecule has 730 valence electrons. The van der Waals surface area contributed by atoms with E-state index in [0.29, 0.717) is 136 Å². The number of thiazole rings is 3. The number of oxazole rings is 2. The van der Waals surface area contributed by atoms with Crippen molar-refractivity contribution < 1.29 is 112 Å². The van der Waals surface area contributed by atoms with Crippen molar-refractivity contribution in [3.63, 3.8) is 0 Å². The molecule has 7 aromatic carbocycles. The first-order valence-corrected chi connectivity index (χ1v) is 46.8. The van der Waals surface area contributed by atoms with Gasteiger partial charge in [-0.3, -0.25) is 43.7 Å². The van der Waals surface area contributed by atoms with Crippen LogP contribution in [0.5, 0.6) is 57.5 Å². The third kappa shape index (κ3) is 29.7. The number of Topliss-reactive ketones (excluding diaryl/α,β-unsaturated/α-hetero) is 4. The summed E-state index contributed by atoms with van der Waals surface area (Å²) < 4.78 is 121. The van der Waals surface area contributed by atoms with E-state index in [9.17, 15) is 42.3 Å². The predicted octanol–water partition coefficient (Wildman–Crippen LogP) is 20.7. The molecule has 0 amide bonds. The van der Waals surface area contributed by atoms with Crippen LogP contribution in [0.25, 0.3) is 0 Å². The number of fused-ring (bicyclic) bond motifs is 3. The summed E-state index contributed by atoms with van der Waals surface area (Å²) in [7, 11) is 6.52. The first-order valence-electron chi connectivity index (χ1n) is 44.2. The van der Waals surface area contributed by atoms with Crippen LogP contribution in [-0.2, 0) is 104 Å². The molecule has 0 saturated carbocycles. The van der Waals surface area contributed by atoms with Crippen LogP contribution in [0.15, 0.2) is 245 Å². The lowest BCUT2D eigenvalue weighted by atomic mass is 10.1. The number of nitrogens with zero attached hydrogens (tertiary/aromatic N) is 10. The fraction of sp³-hybridized carbons (Fsp3) is 0.282. The van der Waals surface area contributed by atoms with E-state index in [4.69, 9.17) is 69.5 Å². The zero-order chi connectivity index (χ0) is 98.6. The molecule has 31 nitrogen and oxygen atoms in total. The second-order valence-corrected chi connectivity index (χ2v) is 35.4. The van der Waals surface area contributed by atoms with Gasteiger partial charge in [-0.2, -0.15) is 13.2 Å². The van der Waals surface area contributed by atoms with Gasteiger partial charge in [0.1, 0.15) is 55.2 Å². The molecular formula is C103H103F3N10O21S3. The van der Waals surface area contributed by atoms with Gasteiger partial charge in [0, 0.05) is 101 Å². The summed E-state index contributed by atoms with van der Waals surface area (Å²) in [5.74, 6) is 9.92. The molecule has 18 rings (SSSR count). The molecule has 11 heterocycles. The number of furan rings is 3. The second-order valence-electron chi connectivity index (χ2n) is 32.5. The standard InChI is InChI=1S/C23H24N2O6S.C23H24N2O5S.C22H19F3N2O3S.C19H20N2O3.C16H16N2O4/c1-28-18-5-3-15(9-20(18)29-2)7-8-25(12-22-24-17(13-32-22)23(26)27)11-16-4-6-19-21(10-16)31-14-30-19;1-15(26)19-13-31-23(24-19)12-25(10-16-4-7-20-22(8-16)30-14-29-20)11-17-5-6-18(27-2)9-21(17)28-3;1-14(28)18-12-31-21(26-18)11-27(9-15-3-2-4-17(7-15)22(23,24)25)10-16-5-6-19-20(8-16)30-13-29-19;1-14-5-3-6-16(9-14)11-21(12-17-7-4-8-23-17)13-19-20-10-18(24-19)15(2)22;1-12(19)15-8-17-16(22-15)11-18(9-13-4-2-6-20-13)10-14-5-3-7-21-14/h3-6,9-10,13H,7-8,11-12,14H2,1-2H3,(H,26,27);4-9,13H,10-12,14H2,1-3H3;2-8,12H,9-11,13H2,1H3;3-10H,11-13H2,1-2H3;2-8H,9-11H2,1H3. The number of carbonyl (C=O) groups excluding carboxylic acids is 4. The van der Waals surface area contributed by atoms with Gasteiger partial charge in [0.2, 0.25) is 32.2 Å². The minimum Gasteiger partial charge on any atom is -0.497 e. The van der Waals surface area contributed by atoms with Crippen molar-refractivity contribution in [2.75, 3.05) is 55.4 Å². The highest BCUT2D eigenvalue weighted by Crippen LogP contribution is 2.39. The average molecular weight is 1970 g/mol. The van der Waals surface area contributed by atoms with Crippen LogP contribution < -0.4 is 47.4 Å². The summed E-state index contributed by atoms with van der Waals surface area (Å²) in [6.07, 6.45) is 4.26. The zero-order valence-electron chi connectivity index (χ0n) is 78.2. The number of aromatic nitrogens is 5. The molecule has 15 aromatic rings. The van der Waals surface area contributed by atoms with E-state index in [1.165, 1.54) is 91.3 Å². The SMILES string of the molecule is CC(=O)c1cnc(CN(Cc2cccc(C)c2)Cc2ccco2)o1.CC(=O)c1cnc(CN(Cc2ccco2)Cc2ccco2)o1.CC(=O)c1csc(CN(Cc2cccc(C(F)(F)F)c2)Cc2ccc3c(c2)OCO3)n1.COc1ccc(CCN(Cc2ccc3c(c2)OCO3)Cc2nc(C(=O)O)cs2)cc1OC.COc1ccc(CN(Cc2ccc3c(c2)OCO3)Cc2nc(C(C)=O)cs2)c(OC)c1. The lowest BCUT2D eigenvalue weighted by Crippen LogP contribution is -2.25. The number of ketones is 4. The highest BCUT2D eigenvalue weighted by molar-refractivity contribution is 7.10. The Morgan fingerprint density at radius 3 is 1.21 bits per heavy atom. The number of alkyl halides is 3. The van der Waals surface area contributed by atoms with Gasteiger partial charge in [0.15, 0.2) is 86.3 Å². The first kappa shape index (κ1) is 101. The summed E-state index contributed by atoms with van der Waals surface area (Å²) in [6, 6.07) is 54.2. The van der Waals surface area contributed by atoms with Crippen LogP contribution in [0.4, 0.5) is 13.2 Å². The smallest absolute Gasteiger partial charge is 0.416 e. The fourth-order valence-corrected chi connectivity index (χ4v) is 17.5. The molecule has 0 atom stereocenters. The van der Waals surface area contributed by atoms with Crippen molar-refractivity contribution >= 4 is 63.1 Å². The number of carboxylic acid groups (broad SMARTS) is 1. The minimum atomic E-state index is -4.40. The Labute approximate surface area is 817 Å². The zero-order valence-corrected chi connectivity index (χ0v) is 80.7. The topological polar surface area (TPSA) is 344 Å². The molecule has 0 unspecified atom stereocenters. The van der Waals surface area contributed by atoms with Crippen molar-refractivity contribution in [1.29, 1.82) is 0 Å². The van der Waals surface area contributed by atoms with Gasteiger partial charge in [0.05, 0.1) is 118 Å². The highest BCUT2D eigenvalue weighted by atomic mass is 32.1. The van der Waals surface area contributed by atoms with E-state index in [-0.39, 0.29) is 61.5 Å². The Morgan fingerprint density at radius 2 is 0.800 bits per heavy atom. The van der Waals surface area contributed by atoms with Gasteiger partial charge in [-0.05, 0) is 144 Å². The van der Waals surface area contributed by atoms with Crippen molar-refractivity contribution in [3.05, 3.63) is 346 Å². The second kappa shape index (κ2) is 49.1. The Morgan fingerprint density at radius 1 is 0.386 bits per heavy atom. The third-order valence-electron chi connectivity index (χ3n) is 21.8. The molecule has 0 fully saturated rings. The number of hydrogen-bond acceptors (Lipinski definition) is 33. The van der Waals surface area contributed by atoms with Crippen LogP contribution in [0.2, 0.25) is 0 Å². The molecular weight excluding hydrogens is 1870 g/mol. The molecule has 3 aliphatic rings. The summed E-state index contributed by atoms with van der Waals surface area (Å²) >= 11 is 4.21. The Balaban J connectivity index is 0.000000140. The molecule has 37 heteroatoms. The molecule has 0 aliphatic carbocycles. The summed E-state index contributed by atoms with van der Waals surface area (Å²) in [5.41, 5.74) is 8.52. The maximum absolute atomic E-state index is 13.1. The van der Waals surface area contributed by atoms with Crippen molar-refractivity contribution in [1.82, 2.24) is 49.4 Å². The van der Waals surface area contributed by atoms with Gasteiger partial charge >= 0.3 is 12.1 Å². The fourth-order valence-electron chi connectivity index (χ4n) is 15.0. The van der Waals surface area contributed by atoms with Gasteiger partial charge in [-0.1, -0.05) is 78.4 Å². The normalized spacial score (nSPS) is 12.1. The lowest BCUT2D eigenvalue weighted by molar-refractivity contribution is -0.137. The van der Waals surface area contributed by atoms with E-state index < -0.39 is 17.7 Å². The number of aryl methyl sites for hydroxylation is 1. The highest BCUT2D eigenvalue weighted by Gasteiger charge is 2.32. The van der Waals surface area contributed by atoms with Gasteiger partial charge < -0.3 is 74.6 Å². The first-order chi connectivity index (χ1) is 67.7. The van der Waals surface area contributed by atoms with E-state index in [2.05, 4.69) is 75.7 Å². The maximum atomic E-state index is 13.1. The number of ether oxygens (including phenoxy) is 10. The Bertz CT molecular complexity index is 6580. The van der Waals surface area contributed by atoms with Crippen molar-refractivity contribution in [3.8, 4) is 57.5 Å².